The van der Waals surface area contributed by atoms with Crippen molar-refractivity contribution < 1.29 is 31.8 Å². The molecule has 5 nitrogen and oxygen atoms in total. The van der Waals surface area contributed by atoms with E-state index >= 15 is 0 Å². The first-order valence-corrected chi connectivity index (χ1v) is 14.3. The molecule has 0 spiro atoms. The monoisotopic (exact) mass is 522 g/mol. The van der Waals surface area contributed by atoms with Crippen LogP contribution in [0.15, 0.2) is 47.4 Å². The molecule has 2 rings (SSSR count). The third-order valence-corrected chi connectivity index (χ3v) is 7.29. The number of esters is 1. The normalized spacial score (nSPS) is 13.3. The number of halogens is 2. The highest BCUT2D eigenvalue weighted by Gasteiger charge is 2.21. The molecule has 8 heteroatoms. The van der Waals surface area contributed by atoms with E-state index in [9.17, 15) is 27.1 Å². The summed E-state index contributed by atoms with van der Waals surface area (Å²) in [6.07, 6.45) is 7.54. The van der Waals surface area contributed by atoms with Gasteiger partial charge in [0.25, 0.3) is 0 Å². The Balaban J connectivity index is 2.41. The van der Waals surface area contributed by atoms with E-state index in [1.54, 1.807) is 12.1 Å². The molecule has 0 heterocycles. The van der Waals surface area contributed by atoms with Crippen molar-refractivity contribution in [2.75, 3.05) is 19.5 Å². The summed E-state index contributed by atoms with van der Waals surface area (Å²) >= 11 is 0. The van der Waals surface area contributed by atoms with Crippen LogP contribution in [0.4, 0.5) is 8.78 Å². The number of carbonyl (C=O) groups is 1. The molecule has 0 saturated carbocycles. The molecule has 2 aromatic rings. The molecule has 0 unspecified atom stereocenters. The Morgan fingerprint density at radius 3 is 2.11 bits per heavy atom. The van der Waals surface area contributed by atoms with Gasteiger partial charge in [0.05, 0.1) is 17.4 Å². The lowest BCUT2D eigenvalue weighted by molar-refractivity contribution is -0.147. The van der Waals surface area contributed by atoms with Crippen molar-refractivity contribution >= 4 is 27.0 Å². The average molecular weight is 523 g/mol. The maximum absolute atomic E-state index is 14.0. The zero-order valence-corrected chi connectivity index (χ0v) is 22.0. The first-order valence-electron chi connectivity index (χ1n) is 12.4. The zero-order valence-electron chi connectivity index (χ0n) is 21.2. The van der Waals surface area contributed by atoms with Gasteiger partial charge in [-0.2, -0.15) is 0 Å². The molecule has 1 atom stereocenters. The maximum atomic E-state index is 14.0. The molecule has 1 N–H and O–H groups in total. The molecular weight excluding hydrogens is 486 g/mol. The van der Waals surface area contributed by atoms with E-state index in [-0.39, 0.29) is 34.5 Å². The SMILES string of the molecule is CCCCCC[C@@H](CCC)C(=O)OCC(=C(CO)c1ccc(F)c(F)c1)c1ccc(S(C)(=O)=O)cc1. The zero-order chi connectivity index (χ0) is 26.7. The molecule has 36 heavy (non-hydrogen) atoms. The summed E-state index contributed by atoms with van der Waals surface area (Å²) in [5, 5.41) is 10.2. The quantitative estimate of drug-likeness (QED) is 0.181. The first kappa shape index (κ1) is 29.6. The number of hydrogen-bond acceptors (Lipinski definition) is 5. The fourth-order valence-corrected chi connectivity index (χ4v) is 4.73. The number of ether oxygens (including phenoxy) is 1. The molecule has 0 aliphatic heterocycles. The minimum absolute atomic E-state index is 0.107. The van der Waals surface area contributed by atoms with E-state index in [1.165, 1.54) is 18.2 Å². The number of aliphatic hydroxyl groups is 1. The van der Waals surface area contributed by atoms with Gasteiger partial charge in [0, 0.05) is 11.8 Å². The number of rotatable bonds is 14. The standard InChI is InChI=1S/C28H36F2O5S/c1-4-6-7-8-10-21(9-5-2)28(32)35-19-25(20-11-14-23(15-12-20)36(3,33)34)24(18-31)22-13-16-26(29)27(30)17-22/h11-17,21,31H,4-10,18-19H2,1-3H3/t21-/m1/s1. The lowest BCUT2D eigenvalue weighted by atomic mass is 9.94. The van der Waals surface area contributed by atoms with Gasteiger partial charge < -0.3 is 9.84 Å². The smallest absolute Gasteiger partial charge is 0.309 e. The summed E-state index contributed by atoms with van der Waals surface area (Å²) in [5.41, 5.74) is 1.38. The number of aliphatic hydroxyl groups excluding tert-OH is 1. The Hall–Kier alpha value is -2.58. The van der Waals surface area contributed by atoms with Gasteiger partial charge in [0.1, 0.15) is 6.61 Å². The molecular formula is C28H36F2O5S. The van der Waals surface area contributed by atoms with Gasteiger partial charge >= 0.3 is 5.97 Å². The third-order valence-electron chi connectivity index (χ3n) is 6.16. The number of hydrogen-bond donors (Lipinski definition) is 1. The van der Waals surface area contributed by atoms with Crippen LogP contribution in [0, 0.1) is 17.6 Å². The number of sulfone groups is 1. The Labute approximate surface area is 213 Å². The summed E-state index contributed by atoms with van der Waals surface area (Å²) in [4.78, 5) is 13.1. The Morgan fingerprint density at radius 2 is 1.56 bits per heavy atom. The Morgan fingerprint density at radius 1 is 0.889 bits per heavy atom. The third kappa shape index (κ3) is 8.52. The largest absolute Gasteiger partial charge is 0.461 e. The van der Waals surface area contributed by atoms with Gasteiger partial charge in [-0.05, 0) is 53.8 Å². The highest BCUT2D eigenvalue weighted by molar-refractivity contribution is 7.90. The summed E-state index contributed by atoms with van der Waals surface area (Å²) in [5.74, 6) is -2.69. The van der Waals surface area contributed by atoms with Gasteiger partial charge in [-0.3, -0.25) is 4.79 Å². The maximum Gasteiger partial charge on any atom is 0.309 e. The van der Waals surface area contributed by atoms with Crippen LogP contribution in [0.25, 0.3) is 11.1 Å². The molecule has 0 radical (unpaired) electrons. The van der Waals surface area contributed by atoms with Crippen LogP contribution in [-0.2, 0) is 19.4 Å². The minimum atomic E-state index is -3.43. The van der Waals surface area contributed by atoms with E-state index in [2.05, 4.69) is 6.92 Å². The van der Waals surface area contributed by atoms with E-state index < -0.39 is 28.1 Å². The van der Waals surface area contributed by atoms with E-state index in [0.717, 1.165) is 56.9 Å². The van der Waals surface area contributed by atoms with Crippen molar-refractivity contribution in [3.05, 3.63) is 65.2 Å². The van der Waals surface area contributed by atoms with E-state index in [4.69, 9.17) is 4.74 Å². The van der Waals surface area contributed by atoms with Gasteiger partial charge in [0.2, 0.25) is 0 Å². The number of benzene rings is 2. The van der Waals surface area contributed by atoms with E-state index in [0.29, 0.717) is 17.6 Å². The Kier molecular flexibility index (Phi) is 11.7. The molecule has 0 amide bonds. The Bertz CT molecular complexity index is 1140. The van der Waals surface area contributed by atoms with Crippen molar-refractivity contribution in [3.63, 3.8) is 0 Å². The fourth-order valence-electron chi connectivity index (χ4n) is 4.10. The molecule has 0 bridgehead atoms. The number of unbranched alkanes of at least 4 members (excludes halogenated alkanes) is 3. The van der Waals surface area contributed by atoms with Crippen LogP contribution < -0.4 is 0 Å². The first-order chi connectivity index (χ1) is 17.1. The van der Waals surface area contributed by atoms with Crippen LogP contribution in [0.5, 0.6) is 0 Å². The predicted octanol–water partition coefficient (Wildman–Crippen LogP) is 6.20. The average Bonchev–Trinajstić information content (AvgIpc) is 2.85. The summed E-state index contributed by atoms with van der Waals surface area (Å²) in [6, 6.07) is 9.20. The van der Waals surface area contributed by atoms with Crippen LogP contribution in [-0.4, -0.2) is 39.0 Å². The molecule has 0 aliphatic carbocycles. The highest BCUT2D eigenvalue weighted by Crippen LogP contribution is 2.29. The van der Waals surface area contributed by atoms with Crippen LogP contribution >= 0.6 is 0 Å². The second-order valence-electron chi connectivity index (χ2n) is 8.98. The van der Waals surface area contributed by atoms with Crippen molar-refractivity contribution in [1.29, 1.82) is 0 Å². The molecule has 0 aliphatic rings. The van der Waals surface area contributed by atoms with Crippen molar-refractivity contribution in [2.45, 2.75) is 63.7 Å². The fraction of sp³-hybridized carbons (Fsp3) is 0.464. The van der Waals surface area contributed by atoms with E-state index in [1.807, 2.05) is 6.92 Å². The summed E-state index contributed by atoms with van der Waals surface area (Å²) in [7, 11) is -3.43. The van der Waals surface area contributed by atoms with Crippen LogP contribution in [0.1, 0.15) is 69.9 Å². The van der Waals surface area contributed by atoms with Gasteiger partial charge in [-0.25, -0.2) is 17.2 Å². The van der Waals surface area contributed by atoms with Gasteiger partial charge in [0.15, 0.2) is 21.5 Å². The summed E-state index contributed by atoms with van der Waals surface area (Å²) in [6.45, 7) is 3.40. The molecule has 0 saturated heterocycles. The van der Waals surface area contributed by atoms with Crippen LogP contribution in [0.2, 0.25) is 0 Å². The van der Waals surface area contributed by atoms with Crippen molar-refractivity contribution in [2.24, 2.45) is 5.92 Å². The molecule has 0 fully saturated rings. The van der Waals surface area contributed by atoms with Gasteiger partial charge in [-0.15, -0.1) is 0 Å². The van der Waals surface area contributed by atoms with Crippen molar-refractivity contribution in [1.82, 2.24) is 0 Å². The van der Waals surface area contributed by atoms with Crippen molar-refractivity contribution in [3.8, 4) is 0 Å². The summed E-state index contributed by atoms with van der Waals surface area (Å²) < 4.78 is 56.9. The minimum Gasteiger partial charge on any atom is -0.461 e. The molecule has 0 aromatic heterocycles. The number of carbonyl (C=O) groups excluding carboxylic acids is 1. The lowest BCUT2D eigenvalue weighted by Gasteiger charge is -2.19. The predicted molar refractivity (Wildman–Crippen MR) is 138 cm³/mol. The second-order valence-corrected chi connectivity index (χ2v) is 11.0. The van der Waals surface area contributed by atoms with Crippen LogP contribution in [0.3, 0.4) is 0 Å². The molecule has 2 aromatic carbocycles. The highest BCUT2D eigenvalue weighted by atomic mass is 32.2. The second kappa shape index (κ2) is 14.2. The van der Waals surface area contributed by atoms with Gasteiger partial charge in [-0.1, -0.05) is 64.2 Å². The molecule has 198 valence electrons. The topological polar surface area (TPSA) is 80.7 Å². The lowest BCUT2D eigenvalue weighted by Crippen LogP contribution is -2.19.